The molecule has 3 nitrogen and oxygen atoms in total. The predicted molar refractivity (Wildman–Crippen MR) is 198 cm³/mol. The van der Waals surface area contributed by atoms with Gasteiger partial charge in [0.15, 0.2) is 5.78 Å². The van der Waals surface area contributed by atoms with Crippen LogP contribution in [0.5, 0.6) is 0 Å². The van der Waals surface area contributed by atoms with Crippen LogP contribution in [0.2, 0.25) is 0 Å². The first-order valence-electron chi connectivity index (χ1n) is 15.9. The quantitative estimate of drug-likeness (QED) is 0.166. The van der Waals surface area contributed by atoms with Crippen molar-refractivity contribution in [3.05, 3.63) is 181 Å². The summed E-state index contributed by atoms with van der Waals surface area (Å²) >= 11 is 0. The van der Waals surface area contributed by atoms with E-state index in [9.17, 15) is 4.79 Å². The van der Waals surface area contributed by atoms with Crippen LogP contribution in [0, 0.1) is 0 Å². The van der Waals surface area contributed by atoms with E-state index in [0.717, 1.165) is 55.2 Å². The first kappa shape index (κ1) is 28.3. The van der Waals surface area contributed by atoms with Crippen molar-refractivity contribution in [2.24, 2.45) is 0 Å². The van der Waals surface area contributed by atoms with Crippen molar-refractivity contribution in [2.45, 2.75) is 6.92 Å². The van der Waals surface area contributed by atoms with Gasteiger partial charge in [-0.25, -0.2) is 0 Å². The second kappa shape index (κ2) is 11.6. The monoisotopic (exact) mass is 604 g/mol. The van der Waals surface area contributed by atoms with Crippen LogP contribution >= 0.6 is 0 Å². The van der Waals surface area contributed by atoms with E-state index in [1.165, 1.54) is 11.1 Å². The number of carbonyl (C=O) groups excluding carboxylic acids is 1. The minimum atomic E-state index is 0.0119. The smallest absolute Gasteiger partial charge is 0.193 e. The Morgan fingerprint density at radius 2 is 1.32 bits per heavy atom. The van der Waals surface area contributed by atoms with Crippen molar-refractivity contribution < 1.29 is 4.79 Å². The number of ketones is 1. The van der Waals surface area contributed by atoms with Crippen molar-refractivity contribution in [1.82, 2.24) is 9.13 Å². The van der Waals surface area contributed by atoms with Crippen molar-refractivity contribution in [2.75, 3.05) is 0 Å². The van der Waals surface area contributed by atoms with E-state index in [2.05, 4.69) is 107 Å². The molecule has 0 aliphatic rings. The highest BCUT2D eigenvalue weighted by atomic mass is 16.1. The Labute approximate surface area is 274 Å². The van der Waals surface area contributed by atoms with E-state index in [-0.39, 0.29) is 5.78 Å². The van der Waals surface area contributed by atoms with Gasteiger partial charge in [-0.05, 0) is 89.5 Å². The molecule has 0 unspecified atom stereocenters. The highest BCUT2D eigenvalue weighted by Crippen LogP contribution is 2.38. The Balaban J connectivity index is 1.23. The van der Waals surface area contributed by atoms with Gasteiger partial charge in [0, 0.05) is 45.0 Å². The summed E-state index contributed by atoms with van der Waals surface area (Å²) in [5, 5.41) is 4.46. The lowest BCUT2D eigenvalue weighted by Crippen LogP contribution is -2.03. The third kappa shape index (κ3) is 4.81. The third-order valence-corrected chi connectivity index (χ3v) is 9.06. The number of aromatic nitrogens is 2. The van der Waals surface area contributed by atoms with E-state index in [1.807, 2.05) is 79.7 Å². The van der Waals surface area contributed by atoms with Gasteiger partial charge in [-0.15, -0.1) is 0 Å². The molecule has 0 bridgehead atoms. The maximum atomic E-state index is 13.5. The van der Waals surface area contributed by atoms with Crippen LogP contribution in [0.15, 0.2) is 158 Å². The number of allylic oxidation sites excluding steroid dienone is 1. The zero-order valence-corrected chi connectivity index (χ0v) is 26.1. The molecule has 2 aromatic heterocycles. The summed E-state index contributed by atoms with van der Waals surface area (Å²) < 4.78 is 4.54. The van der Waals surface area contributed by atoms with Crippen LogP contribution in [-0.2, 0) is 0 Å². The van der Waals surface area contributed by atoms with Gasteiger partial charge in [0.25, 0.3) is 0 Å². The zero-order valence-electron chi connectivity index (χ0n) is 26.1. The Hall–Kier alpha value is -6.19. The number of carbonyl (C=O) groups is 1. The van der Waals surface area contributed by atoms with E-state index in [4.69, 9.17) is 0 Å². The normalized spacial score (nSPS) is 11.6. The van der Waals surface area contributed by atoms with Gasteiger partial charge in [-0.3, -0.25) is 4.79 Å². The molecule has 0 N–H and O–H groups in total. The van der Waals surface area contributed by atoms with Gasteiger partial charge in [-0.1, -0.05) is 104 Å². The Morgan fingerprint density at radius 1 is 0.638 bits per heavy atom. The number of benzene rings is 6. The summed E-state index contributed by atoms with van der Waals surface area (Å²) in [5.41, 5.74) is 10.2. The van der Waals surface area contributed by atoms with E-state index < -0.39 is 0 Å². The fraction of sp³-hybridized carbons (Fsp3) is 0.0227. The van der Waals surface area contributed by atoms with E-state index >= 15 is 0 Å². The second-order valence-corrected chi connectivity index (χ2v) is 11.8. The molecule has 0 saturated heterocycles. The summed E-state index contributed by atoms with van der Waals surface area (Å²) in [4.78, 5) is 13.5. The summed E-state index contributed by atoms with van der Waals surface area (Å²) in [7, 11) is 0. The number of hydrogen-bond donors (Lipinski definition) is 0. The zero-order chi connectivity index (χ0) is 31.9. The van der Waals surface area contributed by atoms with E-state index in [1.54, 1.807) is 0 Å². The molecule has 224 valence electrons. The summed E-state index contributed by atoms with van der Waals surface area (Å²) in [6, 6.07) is 47.7. The summed E-state index contributed by atoms with van der Waals surface area (Å²) in [5.74, 6) is 0.0119. The molecule has 47 heavy (non-hydrogen) atoms. The predicted octanol–water partition coefficient (Wildman–Crippen LogP) is 11.3. The maximum absolute atomic E-state index is 13.5. The molecule has 0 atom stereocenters. The van der Waals surface area contributed by atoms with Crippen molar-refractivity contribution >= 4 is 50.5 Å². The number of rotatable bonds is 7. The van der Waals surface area contributed by atoms with Crippen molar-refractivity contribution in [1.29, 1.82) is 0 Å². The first-order chi connectivity index (χ1) is 23.1. The fourth-order valence-corrected chi connectivity index (χ4v) is 6.77. The van der Waals surface area contributed by atoms with Gasteiger partial charge in [0.1, 0.15) is 0 Å². The second-order valence-electron chi connectivity index (χ2n) is 11.8. The molecule has 3 heteroatoms. The molecule has 0 saturated carbocycles. The maximum Gasteiger partial charge on any atom is 0.193 e. The van der Waals surface area contributed by atoms with Crippen LogP contribution in [0.3, 0.4) is 0 Å². The highest BCUT2D eigenvalue weighted by molar-refractivity contribution is 6.12. The van der Waals surface area contributed by atoms with Crippen LogP contribution < -0.4 is 0 Å². The Bertz CT molecular complexity index is 2470. The summed E-state index contributed by atoms with van der Waals surface area (Å²) in [6.07, 6.45) is 8.28. The standard InChI is InChI=1S/C44H32N2O/c1-3-10-42-38(4-2)39-25-26-41-40(27-28-45(41)36-21-17-32(18-22-36)30-11-6-5-7-12-30)43(39)46(42)37-23-19-33(20-24-37)44(47)35-16-15-31-13-8-9-14-34(31)29-35/h3-29H,2H2,1H3/b10-3-. The minimum Gasteiger partial charge on any atom is -0.316 e. The molecular formula is C44H32N2O. The molecule has 0 aliphatic carbocycles. The first-order valence-corrected chi connectivity index (χ1v) is 15.9. The molecule has 8 rings (SSSR count). The van der Waals surface area contributed by atoms with Crippen LogP contribution in [0.1, 0.15) is 34.1 Å². The molecule has 0 amide bonds. The highest BCUT2D eigenvalue weighted by Gasteiger charge is 2.20. The molecule has 0 fully saturated rings. The van der Waals surface area contributed by atoms with Gasteiger partial charge >= 0.3 is 0 Å². The van der Waals surface area contributed by atoms with Crippen LogP contribution in [-0.4, -0.2) is 14.9 Å². The van der Waals surface area contributed by atoms with Crippen molar-refractivity contribution in [3.63, 3.8) is 0 Å². The molecule has 0 radical (unpaired) electrons. The SMILES string of the molecule is C=Cc1c(/C=C\C)n(-c2ccc(C(=O)c3ccc4ccccc4c3)cc2)c2c1ccc1c2ccn1-c1ccc(-c2ccccc2)cc1. The average molecular weight is 605 g/mol. The topological polar surface area (TPSA) is 26.9 Å². The molecular weight excluding hydrogens is 572 g/mol. The number of hydrogen-bond acceptors (Lipinski definition) is 1. The van der Waals surface area contributed by atoms with E-state index in [0.29, 0.717) is 11.1 Å². The van der Waals surface area contributed by atoms with Gasteiger partial charge in [-0.2, -0.15) is 0 Å². The van der Waals surface area contributed by atoms with Gasteiger partial charge in [0.05, 0.1) is 16.7 Å². The lowest BCUT2D eigenvalue weighted by atomic mass is 10.00. The van der Waals surface area contributed by atoms with Crippen LogP contribution in [0.4, 0.5) is 0 Å². The Kier molecular flexibility index (Phi) is 7.00. The van der Waals surface area contributed by atoms with Gasteiger partial charge < -0.3 is 9.13 Å². The molecule has 0 aliphatic heterocycles. The lowest BCUT2D eigenvalue weighted by Gasteiger charge is -2.12. The molecule has 0 spiro atoms. The third-order valence-electron chi connectivity index (χ3n) is 9.06. The summed E-state index contributed by atoms with van der Waals surface area (Å²) in [6.45, 7) is 6.23. The fourth-order valence-electron chi connectivity index (χ4n) is 6.77. The molecule has 6 aromatic carbocycles. The van der Waals surface area contributed by atoms with Crippen molar-refractivity contribution in [3.8, 4) is 22.5 Å². The lowest BCUT2D eigenvalue weighted by molar-refractivity contribution is 0.103. The Morgan fingerprint density at radius 3 is 2.06 bits per heavy atom. The van der Waals surface area contributed by atoms with Gasteiger partial charge in [0.2, 0.25) is 0 Å². The number of nitrogens with zero attached hydrogens (tertiary/aromatic N) is 2. The molecule has 8 aromatic rings. The minimum absolute atomic E-state index is 0.0119. The van der Waals surface area contributed by atoms with Crippen LogP contribution in [0.25, 0.3) is 67.2 Å². The average Bonchev–Trinajstić information content (AvgIpc) is 3.71. The number of fused-ring (bicyclic) bond motifs is 4. The largest absolute Gasteiger partial charge is 0.316 e. The molecule has 2 heterocycles.